The molecule has 1 unspecified atom stereocenters. The van der Waals surface area contributed by atoms with Gasteiger partial charge in [0.1, 0.15) is 5.75 Å². The number of ether oxygens (including phenoxy) is 1. The molecule has 1 atom stereocenters. The number of para-hydroxylation sites is 1. The monoisotopic (exact) mass is 384 g/mol. The van der Waals surface area contributed by atoms with Gasteiger partial charge in [0.05, 0.1) is 12.2 Å². The normalized spacial score (nSPS) is 23.2. The standard InChI is InChI=1S/C23H32N2O3/c26-22(19-9-1-2-10-19)25-15-7-8-18(16-25)17-28-21-12-4-3-11-20(21)23(27)24-13-5-6-14-24/h3-4,11-12,18-19H,1-2,5-10,13-17H2. The van der Waals surface area contributed by atoms with Crippen molar-refractivity contribution in [1.29, 1.82) is 0 Å². The van der Waals surface area contributed by atoms with E-state index in [-0.39, 0.29) is 11.8 Å². The molecular formula is C23H32N2O3. The first-order valence-electron chi connectivity index (χ1n) is 11.0. The summed E-state index contributed by atoms with van der Waals surface area (Å²) in [4.78, 5) is 29.5. The van der Waals surface area contributed by atoms with Crippen LogP contribution < -0.4 is 4.74 Å². The van der Waals surface area contributed by atoms with E-state index in [2.05, 4.69) is 4.90 Å². The predicted octanol–water partition coefficient (Wildman–Crippen LogP) is 3.73. The van der Waals surface area contributed by atoms with Gasteiger partial charge in [0.2, 0.25) is 5.91 Å². The number of nitrogens with zero attached hydrogens (tertiary/aromatic N) is 2. The molecule has 1 saturated carbocycles. The quantitative estimate of drug-likeness (QED) is 0.777. The number of likely N-dealkylation sites (tertiary alicyclic amines) is 2. The van der Waals surface area contributed by atoms with Crippen molar-refractivity contribution in [2.75, 3.05) is 32.8 Å². The van der Waals surface area contributed by atoms with Gasteiger partial charge in [-0.2, -0.15) is 0 Å². The summed E-state index contributed by atoms with van der Waals surface area (Å²) in [6.45, 7) is 3.92. The third-order valence-corrected chi connectivity index (χ3v) is 6.52. The molecule has 28 heavy (non-hydrogen) atoms. The number of benzene rings is 1. The first-order valence-corrected chi connectivity index (χ1v) is 11.0. The second-order valence-corrected chi connectivity index (χ2v) is 8.58. The Hall–Kier alpha value is -2.04. The van der Waals surface area contributed by atoms with Gasteiger partial charge in [-0.25, -0.2) is 0 Å². The molecule has 0 N–H and O–H groups in total. The van der Waals surface area contributed by atoms with Gasteiger partial charge in [-0.3, -0.25) is 9.59 Å². The summed E-state index contributed by atoms with van der Waals surface area (Å²) >= 11 is 0. The number of amides is 2. The first-order chi connectivity index (χ1) is 13.7. The first kappa shape index (κ1) is 19.3. The zero-order valence-electron chi connectivity index (χ0n) is 16.8. The molecule has 1 aliphatic carbocycles. The Morgan fingerprint density at radius 2 is 1.61 bits per heavy atom. The average molecular weight is 385 g/mol. The lowest BCUT2D eigenvalue weighted by molar-refractivity contribution is -0.137. The highest BCUT2D eigenvalue weighted by Crippen LogP contribution is 2.29. The van der Waals surface area contributed by atoms with E-state index < -0.39 is 0 Å². The summed E-state index contributed by atoms with van der Waals surface area (Å²) in [5, 5.41) is 0. The SMILES string of the molecule is O=C(c1ccccc1OCC1CCCN(C(=O)C2CCCC2)C1)N1CCCC1. The highest BCUT2D eigenvalue weighted by molar-refractivity contribution is 5.97. The van der Waals surface area contributed by atoms with Gasteiger partial charge in [-0.1, -0.05) is 25.0 Å². The molecule has 5 heteroatoms. The van der Waals surface area contributed by atoms with Crippen LogP contribution in [0.2, 0.25) is 0 Å². The van der Waals surface area contributed by atoms with E-state index in [1.54, 1.807) is 0 Å². The predicted molar refractivity (Wildman–Crippen MR) is 108 cm³/mol. The van der Waals surface area contributed by atoms with E-state index in [0.717, 1.165) is 64.7 Å². The van der Waals surface area contributed by atoms with Crippen molar-refractivity contribution < 1.29 is 14.3 Å². The second kappa shape index (κ2) is 8.97. The lowest BCUT2D eigenvalue weighted by Gasteiger charge is -2.34. The fourth-order valence-electron chi connectivity index (χ4n) is 4.90. The largest absolute Gasteiger partial charge is 0.492 e. The van der Waals surface area contributed by atoms with Crippen molar-refractivity contribution in [3.8, 4) is 5.75 Å². The van der Waals surface area contributed by atoms with Gasteiger partial charge in [0, 0.05) is 38.0 Å². The van der Waals surface area contributed by atoms with Crippen LogP contribution in [-0.4, -0.2) is 54.4 Å². The van der Waals surface area contributed by atoms with Crippen molar-refractivity contribution in [2.45, 2.75) is 51.4 Å². The molecule has 2 saturated heterocycles. The Kier molecular flexibility index (Phi) is 6.18. The zero-order valence-corrected chi connectivity index (χ0v) is 16.8. The van der Waals surface area contributed by atoms with Gasteiger partial charge in [-0.05, 0) is 50.7 Å². The molecule has 5 nitrogen and oxygen atoms in total. The van der Waals surface area contributed by atoms with E-state index in [4.69, 9.17) is 4.74 Å². The lowest BCUT2D eigenvalue weighted by atomic mass is 9.96. The maximum Gasteiger partial charge on any atom is 0.257 e. The Morgan fingerprint density at radius 1 is 0.893 bits per heavy atom. The Labute approximate surface area is 168 Å². The molecule has 2 amide bonds. The maximum absolute atomic E-state index is 12.8. The van der Waals surface area contributed by atoms with Crippen LogP contribution in [0.5, 0.6) is 5.75 Å². The molecule has 3 aliphatic rings. The highest BCUT2D eigenvalue weighted by atomic mass is 16.5. The number of piperidine rings is 1. The lowest BCUT2D eigenvalue weighted by Crippen LogP contribution is -2.43. The van der Waals surface area contributed by atoms with Crippen LogP contribution in [0.4, 0.5) is 0 Å². The number of carbonyl (C=O) groups is 2. The number of hydrogen-bond acceptors (Lipinski definition) is 3. The highest BCUT2D eigenvalue weighted by Gasteiger charge is 2.31. The van der Waals surface area contributed by atoms with Gasteiger partial charge in [-0.15, -0.1) is 0 Å². The van der Waals surface area contributed by atoms with Gasteiger partial charge in [0.15, 0.2) is 0 Å². The fraction of sp³-hybridized carbons (Fsp3) is 0.652. The average Bonchev–Trinajstić information content (AvgIpc) is 3.46. The van der Waals surface area contributed by atoms with Crippen LogP contribution in [0.1, 0.15) is 61.7 Å². The summed E-state index contributed by atoms with van der Waals surface area (Å²) in [6, 6.07) is 7.59. The minimum atomic E-state index is 0.0785. The molecule has 0 spiro atoms. The smallest absolute Gasteiger partial charge is 0.257 e. The van der Waals surface area contributed by atoms with Crippen molar-refractivity contribution >= 4 is 11.8 Å². The van der Waals surface area contributed by atoms with Crippen LogP contribution in [0.15, 0.2) is 24.3 Å². The maximum atomic E-state index is 12.8. The molecule has 0 radical (unpaired) electrons. The van der Waals surface area contributed by atoms with Crippen molar-refractivity contribution in [3.05, 3.63) is 29.8 Å². The van der Waals surface area contributed by atoms with Crippen LogP contribution in [0.3, 0.4) is 0 Å². The molecule has 0 aromatic heterocycles. The third-order valence-electron chi connectivity index (χ3n) is 6.52. The molecule has 2 aliphatic heterocycles. The van der Waals surface area contributed by atoms with Gasteiger partial charge >= 0.3 is 0 Å². The molecule has 4 rings (SSSR count). The molecule has 152 valence electrons. The zero-order chi connectivity index (χ0) is 19.3. The van der Waals surface area contributed by atoms with E-state index in [9.17, 15) is 9.59 Å². The van der Waals surface area contributed by atoms with E-state index in [1.165, 1.54) is 12.8 Å². The van der Waals surface area contributed by atoms with E-state index in [1.807, 2.05) is 29.2 Å². The molecular weight excluding hydrogens is 352 g/mol. The number of rotatable bonds is 5. The van der Waals surface area contributed by atoms with Crippen LogP contribution >= 0.6 is 0 Å². The minimum Gasteiger partial charge on any atom is -0.492 e. The molecule has 1 aromatic rings. The molecule has 2 heterocycles. The fourth-order valence-corrected chi connectivity index (χ4v) is 4.90. The molecule has 1 aromatic carbocycles. The Bertz CT molecular complexity index is 693. The van der Waals surface area contributed by atoms with Crippen LogP contribution in [0.25, 0.3) is 0 Å². The van der Waals surface area contributed by atoms with E-state index >= 15 is 0 Å². The van der Waals surface area contributed by atoms with Crippen molar-refractivity contribution in [2.24, 2.45) is 11.8 Å². The summed E-state index contributed by atoms with van der Waals surface area (Å²) in [5.41, 5.74) is 0.666. The van der Waals surface area contributed by atoms with Crippen molar-refractivity contribution in [1.82, 2.24) is 9.80 Å². The summed E-state index contributed by atoms with van der Waals surface area (Å²) in [7, 11) is 0. The van der Waals surface area contributed by atoms with Gasteiger partial charge < -0.3 is 14.5 Å². The minimum absolute atomic E-state index is 0.0785. The molecule has 3 fully saturated rings. The third kappa shape index (κ3) is 4.34. The van der Waals surface area contributed by atoms with Gasteiger partial charge in [0.25, 0.3) is 5.91 Å². The number of hydrogen-bond donors (Lipinski definition) is 0. The van der Waals surface area contributed by atoms with E-state index in [0.29, 0.717) is 29.7 Å². The topological polar surface area (TPSA) is 49.9 Å². The summed E-state index contributed by atoms with van der Waals surface area (Å²) in [5.74, 6) is 1.70. The van der Waals surface area contributed by atoms with Crippen LogP contribution in [-0.2, 0) is 4.79 Å². The molecule has 0 bridgehead atoms. The van der Waals surface area contributed by atoms with Crippen molar-refractivity contribution in [3.63, 3.8) is 0 Å². The van der Waals surface area contributed by atoms with Crippen LogP contribution in [0, 0.1) is 11.8 Å². The second-order valence-electron chi connectivity index (χ2n) is 8.58. The number of carbonyl (C=O) groups excluding carboxylic acids is 2. The Morgan fingerprint density at radius 3 is 2.39 bits per heavy atom. The summed E-state index contributed by atoms with van der Waals surface area (Å²) < 4.78 is 6.13. The Balaban J connectivity index is 1.35. The summed E-state index contributed by atoms with van der Waals surface area (Å²) in [6.07, 6.45) is 8.79.